The van der Waals surface area contributed by atoms with Gasteiger partial charge in [0.05, 0.1) is 6.04 Å². The van der Waals surface area contributed by atoms with Crippen LogP contribution in [0.4, 0.5) is 0 Å². The molecule has 0 spiro atoms. The molecule has 0 radical (unpaired) electrons. The van der Waals surface area contributed by atoms with Crippen LogP contribution in [0.2, 0.25) is 0 Å². The lowest BCUT2D eigenvalue weighted by molar-refractivity contribution is -0.0503. The summed E-state index contributed by atoms with van der Waals surface area (Å²) in [6, 6.07) is 9.68. The SMILES string of the molecule is C/C=C1/CN2C3C[C@H]1C(CO)C2Cc1c3[nH]c2ccccc12. The van der Waals surface area contributed by atoms with Crippen molar-refractivity contribution in [3.8, 4) is 0 Å². The third-order valence-electron chi connectivity index (χ3n) is 6.33. The minimum atomic E-state index is 0.313. The highest BCUT2D eigenvalue weighted by Crippen LogP contribution is 2.53. The van der Waals surface area contributed by atoms with E-state index in [0.29, 0.717) is 30.5 Å². The molecule has 4 aliphatic heterocycles. The van der Waals surface area contributed by atoms with Crippen LogP contribution < -0.4 is 0 Å². The molecule has 4 unspecified atom stereocenters. The summed E-state index contributed by atoms with van der Waals surface area (Å²) in [6.45, 7) is 3.55. The van der Waals surface area contributed by atoms with Gasteiger partial charge in [-0.15, -0.1) is 0 Å². The summed E-state index contributed by atoms with van der Waals surface area (Å²) in [5.41, 5.74) is 5.74. The van der Waals surface area contributed by atoms with Gasteiger partial charge in [0.1, 0.15) is 0 Å². The zero-order valence-corrected chi connectivity index (χ0v) is 12.9. The third-order valence-corrected chi connectivity index (χ3v) is 6.33. The lowest BCUT2D eigenvalue weighted by atomic mass is 9.64. The normalized spacial score (nSPS) is 37.7. The van der Waals surface area contributed by atoms with Gasteiger partial charge < -0.3 is 10.1 Å². The fourth-order valence-corrected chi connectivity index (χ4v) is 5.32. The molecular formula is C19H22N2O. The summed E-state index contributed by atoms with van der Waals surface area (Å²) in [5.74, 6) is 0.965. The number of para-hydroxylation sites is 1. The number of H-pyrrole nitrogens is 1. The predicted molar refractivity (Wildman–Crippen MR) is 87.7 cm³/mol. The largest absolute Gasteiger partial charge is 0.396 e. The van der Waals surface area contributed by atoms with Crippen LogP contribution in [0.1, 0.15) is 30.6 Å². The maximum atomic E-state index is 9.99. The van der Waals surface area contributed by atoms with Crippen molar-refractivity contribution in [2.75, 3.05) is 13.2 Å². The number of allylic oxidation sites excluding steroid dienone is 1. The van der Waals surface area contributed by atoms with Crippen molar-refractivity contribution < 1.29 is 5.11 Å². The second-order valence-corrected chi connectivity index (χ2v) is 7.07. The van der Waals surface area contributed by atoms with E-state index < -0.39 is 0 Å². The fourth-order valence-electron chi connectivity index (χ4n) is 5.32. The van der Waals surface area contributed by atoms with Crippen molar-refractivity contribution in [1.29, 1.82) is 0 Å². The number of hydrogen-bond acceptors (Lipinski definition) is 2. The Kier molecular flexibility index (Phi) is 2.62. The zero-order valence-electron chi connectivity index (χ0n) is 12.9. The van der Waals surface area contributed by atoms with E-state index in [1.54, 1.807) is 0 Å². The fraction of sp³-hybridized carbons (Fsp3) is 0.474. The van der Waals surface area contributed by atoms with Crippen molar-refractivity contribution in [2.45, 2.75) is 31.8 Å². The molecule has 4 bridgehead atoms. The van der Waals surface area contributed by atoms with Gasteiger partial charge in [0, 0.05) is 41.7 Å². The van der Waals surface area contributed by atoms with E-state index in [0.717, 1.165) is 19.4 Å². The molecule has 22 heavy (non-hydrogen) atoms. The van der Waals surface area contributed by atoms with Crippen LogP contribution in [0.5, 0.6) is 0 Å². The van der Waals surface area contributed by atoms with Crippen LogP contribution in [0.25, 0.3) is 10.9 Å². The average Bonchev–Trinajstić information content (AvgIpc) is 2.93. The van der Waals surface area contributed by atoms with E-state index in [-0.39, 0.29) is 0 Å². The Hall–Kier alpha value is -1.58. The number of piperidine rings is 3. The van der Waals surface area contributed by atoms with Crippen molar-refractivity contribution in [1.82, 2.24) is 9.88 Å². The maximum absolute atomic E-state index is 9.99. The molecule has 4 aliphatic rings. The van der Waals surface area contributed by atoms with Crippen LogP contribution >= 0.6 is 0 Å². The molecule has 1 aromatic heterocycles. The Balaban J connectivity index is 1.69. The van der Waals surface area contributed by atoms with E-state index >= 15 is 0 Å². The van der Waals surface area contributed by atoms with Crippen LogP contribution in [0.3, 0.4) is 0 Å². The first kappa shape index (κ1) is 12.9. The minimum absolute atomic E-state index is 0.313. The molecule has 114 valence electrons. The number of nitrogens with one attached hydrogen (secondary N) is 1. The molecular weight excluding hydrogens is 272 g/mol. The quantitative estimate of drug-likeness (QED) is 0.794. The number of hydrogen-bond donors (Lipinski definition) is 2. The summed E-state index contributed by atoms with van der Waals surface area (Å²) in [5, 5.41) is 11.4. The van der Waals surface area contributed by atoms with Gasteiger partial charge in [-0.1, -0.05) is 29.8 Å². The molecule has 3 saturated heterocycles. The minimum Gasteiger partial charge on any atom is -0.396 e. The average molecular weight is 294 g/mol. The van der Waals surface area contributed by atoms with Crippen molar-refractivity contribution in [3.05, 3.63) is 47.2 Å². The molecule has 0 saturated carbocycles. The van der Waals surface area contributed by atoms with Gasteiger partial charge >= 0.3 is 0 Å². The Morgan fingerprint density at radius 1 is 1.36 bits per heavy atom. The molecule has 1 aromatic carbocycles. The standard InChI is InChI=1S/C19H22N2O/c1-2-11-9-21-17-8-14-12-5-3-4-6-16(12)20-19(14)18(21)7-13(11)15(17)10-22/h2-6,13,15,17-18,20,22H,7-10H2,1H3/b11-2-/t13-,15?,17?,18?/m1/s1. The molecule has 0 aliphatic carbocycles. The zero-order chi connectivity index (χ0) is 14.8. The molecule has 3 fully saturated rings. The summed E-state index contributed by atoms with van der Waals surface area (Å²) >= 11 is 0. The van der Waals surface area contributed by atoms with Crippen molar-refractivity contribution >= 4 is 10.9 Å². The molecule has 3 heteroatoms. The van der Waals surface area contributed by atoms with Gasteiger partial charge in [0.25, 0.3) is 0 Å². The number of fused-ring (bicyclic) bond motifs is 4. The predicted octanol–water partition coefficient (Wildman–Crippen LogP) is 3.02. The number of aromatic amines is 1. The van der Waals surface area contributed by atoms with Crippen molar-refractivity contribution in [3.63, 3.8) is 0 Å². The number of benzene rings is 1. The van der Waals surface area contributed by atoms with Crippen LogP contribution in [-0.2, 0) is 6.42 Å². The summed E-state index contributed by atoms with van der Waals surface area (Å²) in [7, 11) is 0. The summed E-state index contributed by atoms with van der Waals surface area (Å²) in [6.07, 6.45) is 4.51. The van der Waals surface area contributed by atoms with Crippen LogP contribution in [-0.4, -0.2) is 34.2 Å². The molecule has 3 nitrogen and oxygen atoms in total. The monoisotopic (exact) mass is 294 g/mol. The first-order valence-corrected chi connectivity index (χ1v) is 8.43. The first-order valence-electron chi connectivity index (χ1n) is 8.43. The second-order valence-electron chi connectivity index (χ2n) is 7.07. The smallest absolute Gasteiger partial charge is 0.0514 e. The number of aromatic nitrogens is 1. The molecule has 2 N–H and O–H groups in total. The molecule has 2 aromatic rings. The topological polar surface area (TPSA) is 39.3 Å². The Morgan fingerprint density at radius 3 is 3.05 bits per heavy atom. The number of nitrogens with zero attached hydrogens (tertiary/aromatic N) is 1. The Bertz CT molecular complexity index is 775. The van der Waals surface area contributed by atoms with Gasteiger partial charge in [0.2, 0.25) is 0 Å². The Morgan fingerprint density at radius 2 is 2.23 bits per heavy atom. The highest BCUT2D eigenvalue weighted by molar-refractivity contribution is 5.85. The molecule has 5 heterocycles. The van der Waals surface area contributed by atoms with Gasteiger partial charge in [-0.3, -0.25) is 4.90 Å². The van der Waals surface area contributed by atoms with Gasteiger partial charge in [-0.2, -0.15) is 0 Å². The lowest BCUT2D eigenvalue weighted by Crippen LogP contribution is -2.60. The summed E-state index contributed by atoms with van der Waals surface area (Å²) in [4.78, 5) is 6.35. The summed E-state index contributed by atoms with van der Waals surface area (Å²) < 4.78 is 0. The van der Waals surface area contributed by atoms with E-state index in [9.17, 15) is 5.11 Å². The van der Waals surface area contributed by atoms with Crippen molar-refractivity contribution in [2.24, 2.45) is 11.8 Å². The van der Waals surface area contributed by atoms with Crippen LogP contribution in [0, 0.1) is 11.8 Å². The van der Waals surface area contributed by atoms with E-state index in [1.165, 1.54) is 27.7 Å². The van der Waals surface area contributed by atoms with Gasteiger partial charge in [0.15, 0.2) is 0 Å². The van der Waals surface area contributed by atoms with E-state index in [2.05, 4.69) is 47.1 Å². The highest BCUT2D eigenvalue weighted by Gasteiger charge is 2.52. The van der Waals surface area contributed by atoms with Gasteiger partial charge in [-0.25, -0.2) is 0 Å². The van der Waals surface area contributed by atoms with E-state index in [4.69, 9.17) is 0 Å². The second kappa shape index (κ2) is 4.46. The molecule has 0 amide bonds. The highest BCUT2D eigenvalue weighted by atomic mass is 16.3. The number of aliphatic hydroxyl groups is 1. The first-order chi connectivity index (χ1) is 10.8. The lowest BCUT2D eigenvalue weighted by Gasteiger charge is -2.58. The van der Waals surface area contributed by atoms with Crippen LogP contribution in [0.15, 0.2) is 35.9 Å². The van der Waals surface area contributed by atoms with Gasteiger partial charge in [-0.05, 0) is 37.3 Å². The third kappa shape index (κ3) is 1.48. The Labute approximate surface area is 130 Å². The maximum Gasteiger partial charge on any atom is 0.0514 e. The van der Waals surface area contributed by atoms with E-state index in [1.807, 2.05) is 0 Å². The number of aliphatic hydroxyl groups excluding tert-OH is 1. The molecule has 5 atom stereocenters. The molecule has 6 rings (SSSR count). The number of rotatable bonds is 1.